The number of hydrogen-bond acceptors (Lipinski definition) is 4. The van der Waals surface area contributed by atoms with E-state index in [4.69, 9.17) is 10.2 Å². The molecule has 6 heteroatoms. The molecule has 1 amide bonds. The molecule has 0 saturated heterocycles. The third-order valence-electron chi connectivity index (χ3n) is 4.10. The fourth-order valence-electron chi connectivity index (χ4n) is 2.16. The van der Waals surface area contributed by atoms with Gasteiger partial charge in [-0.3, -0.25) is 4.79 Å². The zero-order chi connectivity index (χ0) is 16.7. The van der Waals surface area contributed by atoms with Gasteiger partial charge in [0.25, 0.3) is 5.91 Å². The summed E-state index contributed by atoms with van der Waals surface area (Å²) in [4.78, 5) is 13.5. The van der Waals surface area contributed by atoms with Gasteiger partial charge in [-0.15, -0.1) is 24.2 Å². The van der Waals surface area contributed by atoms with E-state index in [1.807, 2.05) is 38.1 Å². The summed E-state index contributed by atoms with van der Waals surface area (Å²) in [5.74, 6) is 0.872. The Morgan fingerprint density at radius 2 is 1.88 bits per heavy atom. The molecule has 2 rings (SSSR count). The van der Waals surface area contributed by atoms with Gasteiger partial charge in [-0.1, -0.05) is 32.0 Å². The average molecular weight is 369 g/mol. The summed E-state index contributed by atoms with van der Waals surface area (Å²) in [5, 5.41) is 2.90. The van der Waals surface area contributed by atoms with Gasteiger partial charge in [0, 0.05) is 28.3 Å². The van der Waals surface area contributed by atoms with Crippen LogP contribution in [0.2, 0.25) is 0 Å². The first-order chi connectivity index (χ1) is 11.1. The van der Waals surface area contributed by atoms with Crippen LogP contribution in [-0.4, -0.2) is 18.0 Å². The highest BCUT2D eigenvalue weighted by Gasteiger charge is 2.23. The lowest BCUT2D eigenvalue weighted by molar-refractivity contribution is 0.0913. The monoisotopic (exact) mass is 368 g/mol. The van der Waals surface area contributed by atoms with Gasteiger partial charge in [0.2, 0.25) is 0 Å². The van der Waals surface area contributed by atoms with Crippen LogP contribution in [0.15, 0.2) is 52.0 Å². The van der Waals surface area contributed by atoms with Gasteiger partial charge >= 0.3 is 0 Å². The summed E-state index contributed by atoms with van der Waals surface area (Å²) in [7, 11) is 0. The molecule has 24 heavy (non-hydrogen) atoms. The Labute approximate surface area is 154 Å². The molecule has 3 N–H and O–H groups in total. The summed E-state index contributed by atoms with van der Waals surface area (Å²) in [6.07, 6.45) is 3.20. The molecule has 1 aromatic heterocycles. The van der Waals surface area contributed by atoms with Gasteiger partial charge in [0.05, 0.1) is 6.26 Å². The minimum atomic E-state index is -0.360. The zero-order valence-electron chi connectivity index (χ0n) is 14.1. The Bertz CT molecular complexity index is 627. The predicted molar refractivity (Wildman–Crippen MR) is 102 cm³/mol. The molecule has 132 valence electrons. The number of nitrogens with two attached hydrogens (primary N) is 1. The number of furan rings is 1. The quantitative estimate of drug-likeness (QED) is 0.684. The second kappa shape index (κ2) is 9.77. The lowest BCUT2D eigenvalue weighted by Gasteiger charge is -2.26. The lowest BCUT2D eigenvalue weighted by atomic mass is 9.94. The van der Waals surface area contributed by atoms with Crippen molar-refractivity contribution >= 4 is 30.1 Å². The van der Waals surface area contributed by atoms with Crippen molar-refractivity contribution in [2.75, 3.05) is 6.54 Å². The molecular weight excluding hydrogens is 344 g/mol. The van der Waals surface area contributed by atoms with E-state index in [9.17, 15) is 4.79 Å². The van der Waals surface area contributed by atoms with E-state index in [-0.39, 0.29) is 23.9 Å². The molecule has 0 fully saturated rings. The van der Waals surface area contributed by atoms with Crippen LogP contribution >= 0.6 is 24.2 Å². The summed E-state index contributed by atoms with van der Waals surface area (Å²) < 4.78 is 5.38. The van der Waals surface area contributed by atoms with Crippen molar-refractivity contribution in [3.63, 3.8) is 0 Å². The van der Waals surface area contributed by atoms with Gasteiger partial charge in [-0.05, 0) is 31.0 Å². The summed E-state index contributed by atoms with van der Waals surface area (Å²) in [6, 6.07) is 11.9. The van der Waals surface area contributed by atoms with Crippen molar-refractivity contribution in [1.82, 2.24) is 5.32 Å². The number of carbonyl (C=O) groups excluding carboxylic acids is 1. The van der Waals surface area contributed by atoms with Crippen LogP contribution in [0.25, 0.3) is 0 Å². The fraction of sp³-hybridized carbons (Fsp3) is 0.389. The Morgan fingerprint density at radius 3 is 2.50 bits per heavy atom. The highest BCUT2D eigenvalue weighted by molar-refractivity contribution is 7.98. The van der Waals surface area contributed by atoms with Crippen LogP contribution in [0.5, 0.6) is 0 Å². The fourth-order valence-corrected chi connectivity index (χ4v) is 3.06. The largest absolute Gasteiger partial charge is 0.459 e. The molecule has 0 unspecified atom stereocenters. The van der Waals surface area contributed by atoms with Gasteiger partial charge in [0.1, 0.15) is 0 Å². The topological polar surface area (TPSA) is 68.3 Å². The van der Waals surface area contributed by atoms with Crippen molar-refractivity contribution in [3.8, 4) is 0 Å². The lowest BCUT2D eigenvalue weighted by Crippen LogP contribution is -2.49. The number of rotatable bonds is 8. The van der Waals surface area contributed by atoms with Crippen LogP contribution < -0.4 is 11.1 Å². The molecule has 0 atom stereocenters. The molecule has 0 radical (unpaired) electrons. The van der Waals surface area contributed by atoms with E-state index >= 15 is 0 Å². The Morgan fingerprint density at radius 1 is 1.21 bits per heavy atom. The molecule has 0 saturated carbocycles. The van der Waals surface area contributed by atoms with E-state index in [0.717, 1.165) is 23.3 Å². The molecule has 1 heterocycles. The normalized spacial score (nSPS) is 11.0. The Kier molecular flexibility index (Phi) is 8.39. The Balaban J connectivity index is 0.00000288. The molecule has 0 aliphatic heterocycles. The van der Waals surface area contributed by atoms with Crippen molar-refractivity contribution in [3.05, 3.63) is 54.0 Å². The second-order valence-electron chi connectivity index (χ2n) is 5.63. The molecule has 0 spiro atoms. The first-order valence-corrected chi connectivity index (χ1v) is 8.88. The van der Waals surface area contributed by atoms with Crippen molar-refractivity contribution in [1.29, 1.82) is 0 Å². The van der Waals surface area contributed by atoms with Crippen LogP contribution in [0.3, 0.4) is 0 Å². The van der Waals surface area contributed by atoms with E-state index in [2.05, 4.69) is 17.4 Å². The maximum atomic E-state index is 12.3. The van der Waals surface area contributed by atoms with E-state index < -0.39 is 0 Å². The molecular formula is C18H25ClN2O2S. The Hall–Kier alpha value is -1.43. The number of amides is 1. The molecule has 1 aromatic carbocycles. The maximum absolute atomic E-state index is 12.3. The number of nitrogens with one attached hydrogen (secondary N) is 1. The van der Waals surface area contributed by atoms with Gasteiger partial charge in [-0.2, -0.15) is 0 Å². The molecule has 0 aliphatic carbocycles. The third-order valence-corrected chi connectivity index (χ3v) is 5.16. The van der Waals surface area contributed by atoms with Crippen LogP contribution in [0.1, 0.15) is 42.8 Å². The first-order valence-electron chi connectivity index (χ1n) is 7.89. The van der Waals surface area contributed by atoms with Crippen LogP contribution in [0.4, 0.5) is 0 Å². The number of carbonyl (C=O) groups is 1. The molecule has 4 nitrogen and oxygen atoms in total. The van der Waals surface area contributed by atoms with Crippen LogP contribution in [-0.2, 0) is 5.75 Å². The maximum Gasteiger partial charge on any atom is 0.287 e. The van der Waals surface area contributed by atoms with Crippen molar-refractivity contribution in [2.24, 2.45) is 5.73 Å². The molecule has 2 aromatic rings. The number of benzene rings is 1. The summed E-state index contributed by atoms with van der Waals surface area (Å²) >= 11 is 1.68. The number of halogens is 1. The zero-order valence-corrected chi connectivity index (χ0v) is 15.7. The van der Waals surface area contributed by atoms with Crippen molar-refractivity contribution < 1.29 is 9.21 Å². The average Bonchev–Trinajstić information content (AvgIpc) is 3.07. The molecule has 0 aliphatic rings. The molecule has 0 bridgehead atoms. The predicted octanol–water partition coefficient (Wildman–Crippen LogP) is 4.24. The highest BCUT2D eigenvalue weighted by Crippen LogP contribution is 2.24. The minimum absolute atomic E-state index is 0. The second-order valence-corrected chi connectivity index (χ2v) is 6.68. The van der Waals surface area contributed by atoms with Gasteiger partial charge in [0.15, 0.2) is 5.76 Å². The van der Waals surface area contributed by atoms with Crippen LogP contribution in [0, 0.1) is 0 Å². The van der Waals surface area contributed by atoms with Gasteiger partial charge < -0.3 is 15.5 Å². The number of hydrogen-bond donors (Lipinski definition) is 2. The van der Waals surface area contributed by atoms with E-state index in [1.54, 1.807) is 18.0 Å². The first kappa shape index (κ1) is 20.6. The minimum Gasteiger partial charge on any atom is -0.459 e. The van der Waals surface area contributed by atoms with E-state index in [1.165, 1.54) is 0 Å². The third kappa shape index (κ3) is 5.58. The van der Waals surface area contributed by atoms with Crippen molar-refractivity contribution in [2.45, 2.75) is 42.9 Å². The van der Waals surface area contributed by atoms with E-state index in [0.29, 0.717) is 18.1 Å². The van der Waals surface area contributed by atoms with Gasteiger partial charge in [-0.25, -0.2) is 0 Å². The summed E-state index contributed by atoms with van der Waals surface area (Å²) in [5.41, 5.74) is 6.76. The standard InChI is InChI=1S/C18H24N2O2S.ClH/c1-3-18(19,4-2)13-20-17(21)16-14(10-11-22-16)12-23-15-8-6-5-7-9-15;/h5-11H,3-4,12-13,19H2,1-2H3,(H,20,21);1H. The highest BCUT2D eigenvalue weighted by atomic mass is 35.5. The SMILES string of the molecule is CCC(N)(CC)CNC(=O)c1occc1CSc1ccccc1.Cl. The smallest absolute Gasteiger partial charge is 0.287 e. The number of thioether (sulfide) groups is 1. The summed E-state index contributed by atoms with van der Waals surface area (Å²) in [6.45, 7) is 4.51.